The number of thioether (sulfide) groups is 1. The highest BCUT2D eigenvalue weighted by molar-refractivity contribution is 8.00. The molecule has 0 radical (unpaired) electrons. The van der Waals surface area contributed by atoms with E-state index in [0.29, 0.717) is 11.4 Å². The van der Waals surface area contributed by atoms with Crippen molar-refractivity contribution in [1.29, 1.82) is 0 Å². The molecule has 1 fully saturated rings. The van der Waals surface area contributed by atoms with Crippen molar-refractivity contribution in [1.82, 2.24) is 0 Å². The SMILES string of the molecule is Cc1cccc(N2C(=O)CSC2c2cccc(NC(=O)c3ccc(C(F)(F)F)cc3)c2)c1. The number of halogens is 3. The molecule has 0 aromatic heterocycles. The lowest BCUT2D eigenvalue weighted by Gasteiger charge is -2.25. The van der Waals surface area contributed by atoms with E-state index in [1.165, 1.54) is 11.8 Å². The summed E-state index contributed by atoms with van der Waals surface area (Å²) < 4.78 is 38.2. The van der Waals surface area contributed by atoms with Crippen LogP contribution in [-0.4, -0.2) is 17.6 Å². The standard InChI is InChI=1S/C24H19F3N2O2S/c1-15-4-2-7-20(12-15)29-21(30)14-32-23(29)17-5-3-6-19(13-17)28-22(31)16-8-10-18(11-9-16)24(25,26)27/h2-13,23H,14H2,1H3,(H,28,31). The number of nitrogens with one attached hydrogen (secondary N) is 1. The summed E-state index contributed by atoms with van der Waals surface area (Å²) in [5.41, 5.74) is 2.50. The van der Waals surface area contributed by atoms with Crippen molar-refractivity contribution in [3.8, 4) is 0 Å². The molecule has 0 saturated carbocycles. The van der Waals surface area contributed by atoms with E-state index in [1.807, 2.05) is 37.3 Å². The summed E-state index contributed by atoms with van der Waals surface area (Å²) in [5.74, 6) is -0.160. The van der Waals surface area contributed by atoms with Crippen LogP contribution in [-0.2, 0) is 11.0 Å². The topological polar surface area (TPSA) is 49.4 Å². The van der Waals surface area contributed by atoms with E-state index in [4.69, 9.17) is 0 Å². The maximum atomic E-state index is 12.7. The highest BCUT2D eigenvalue weighted by atomic mass is 32.2. The summed E-state index contributed by atoms with van der Waals surface area (Å²) in [7, 11) is 0. The fourth-order valence-corrected chi connectivity index (χ4v) is 4.68. The molecule has 8 heteroatoms. The zero-order chi connectivity index (χ0) is 22.9. The van der Waals surface area contributed by atoms with Gasteiger partial charge < -0.3 is 5.32 Å². The van der Waals surface area contributed by atoms with E-state index in [2.05, 4.69) is 5.32 Å². The minimum atomic E-state index is -4.46. The molecule has 0 aliphatic carbocycles. The van der Waals surface area contributed by atoms with Crippen molar-refractivity contribution < 1.29 is 22.8 Å². The number of carbonyl (C=O) groups is 2. The Morgan fingerprint density at radius 2 is 1.75 bits per heavy atom. The van der Waals surface area contributed by atoms with Gasteiger partial charge in [-0.2, -0.15) is 13.2 Å². The maximum absolute atomic E-state index is 12.7. The van der Waals surface area contributed by atoms with Crippen molar-refractivity contribution in [2.75, 3.05) is 16.0 Å². The van der Waals surface area contributed by atoms with Crippen LogP contribution in [0, 0.1) is 6.92 Å². The van der Waals surface area contributed by atoms with Gasteiger partial charge >= 0.3 is 6.18 Å². The van der Waals surface area contributed by atoms with Gasteiger partial charge in [-0.3, -0.25) is 14.5 Å². The Morgan fingerprint density at radius 3 is 2.44 bits per heavy atom. The molecule has 1 saturated heterocycles. The van der Waals surface area contributed by atoms with Gasteiger partial charge in [0.1, 0.15) is 5.37 Å². The summed E-state index contributed by atoms with van der Waals surface area (Å²) in [6.07, 6.45) is -4.46. The molecule has 4 rings (SSSR count). The first-order chi connectivity index (χ1) is 15.2. The van der Waals surface area contributed by atoms with Crippen molar-refractivity contribution in [2.24, 2.45) is 0 Å². The van der Waals surface area contributed by atoms with Gasteiger partial charge in [-0.15, -0.1) is 11.8 Å². The van der Waals surface area contributed by atoms with Gasteiger partial charge in [-0.1, -0.05) is 24.3 Å². The number of aryl methyl sites for hydroxylation is 1. The predicted octanol–water partition coefficient (Wildman–Crippen LogP) is 6.04. The Hall–Kier alpha value is -3.26. The van der Waals surface area contributed by atoms with E-state index in [1.54, 1.807) is 23.1 Å². The number of amides is 2. The van der Waals surface area contributed by atoms with Crippen LogP contribution in [0.5, 0.6) is 0 Å². The second-order valence-electron chi connectivity index (χ2n) is 7.42. The number of rotatable bonds is 4. The number of benzene rings is 3. The molecule has 1 aliphatic heterocycles. The molecule has 0 bridgehead atoms. The van der Waals surface area contributed by atoms with Crippen molar-refractivity contribution in [3.63, 3.8) is 0 Å². The molecule has 0 spiro atoms. The minimum absolute atomic E-state index is 0.00444. The molecule has 1 heterocycles. The molecule has 4 nitrogen and oxygen atoms in total. The van der Waals surface area contributed by atoms with E-state index in [-0.39, 0.29) is 16.8 Å². The van der Waals surface area contributed by atoms with Gasteiger partial charge in [0.15, 0.2) is 0 Å². The van der Waals surface area contributed by atoms with E-state index in [0.717, 1.165) is 41.1 Å². The molecule has 1 N–H and O–H groups in total. The number of nitrogens with zero attached hydrogens (tertiary/aromatic N) is 1. The Kier molecular flexibility index (Phi) is 5.97. The van der Waals surface area contributed by atoms with Crippen LogP contribution in [0.3, 0.4) is 0 Å². The van der Waals surface area contributed by atoms with Gasteiger partial charge in [0.2, 0.25) is 5.91 Å². The smallest absolute Gasteiger partial charge is 0.322 e. The lowest BCUT2D eigenvalue weighted by molar-refractivity contribution is -0.137. The molecular formula is C24H19F3N2O2S. The van der Waals surface area contributed by atoms with Crippen LogP contribution in [0.2, 0.25) is 0 Å². The fraction of sp³-hybridized carbons (Fsp3) is 0.167. The first kappa shape index (κ1) is 22.0. The number of hydrogen-bond donors (Lipinski definition) is 1. The Morgan fingerprint density at radius 1 is 1.03 bits per heavy atom. The van der Waals surface area contributed by atoms with E-state index in [9.17, 15) is 22.8 Å². The Labute approximate surface area is 187 Å². The van der Waals surface area contributed by atoms with Crippen molar-refractivity contribution in [2.45, 2.75) is 18.5 Å². The van der Waals surface area contributed by atoms with Crippen molar-refractivity contribution >= 4 is 35.0 Å². The van der Waals surface area contributed by atoms with E-state index >= 15 is 0 Å². The third-order valence-electron chi connectivity index (χ3n) is 5.05. The number of anilines is 2. The van der Waals surface area contributed by atoms with Gasteiger partial charge in [-0.05, 0) is 66.6 Å². The first-order valence-electron chi connectivity index (χ1n) is 9.81. The largest absolute Gasteiger partial charge is 0.416 e. The first-order valence-corrected chi connectivity index (χ1v) is 10.9. The van der Waals surface area contributed by atoms with Crippen LogP contribution >= 0.6 is 11.8 Å². The fourth-order valence-electron chi connectivity index (χ4n) is 3.51. The average molecular weight is 456 g/mol. The zero-order valence-corrected chi connectivity index (χ0v) is 17.8. The van der Waals surface area contributed by atoms with Crippen LogP contribution in [0.4, 0.5) is 24.5 Å². The normalized spacial score (nSPS) is 16.3. The summed E-state index contributed by atoms with van der Waals surface area (Å²) in [6.45, 7) is 1.96. The van der Waals surface area contributed by atoms with Gasteiger partial charge in [-0.25, -0.2) is 0 Å². The molecule has 1 unspecified atom stereocenters. The summed E-state index contributed by atoms with van der Waals surface area (Å²) >= 11 is 1.50. The van der Waals surface area contributed by atoms with E-state index < -0.39 is 17.6 Å². The Balaban J connectivity index is 1.54. The van der Waals surface area contributed by atoms with Gasteiger partial charge in [0, 0.05) is 16.9 Å². The van der Waals surface area contributed by atoms with Crippen LogP contribution in [0.1, 0.15) is 32.4 Å². The van der Waals surface area contributed by atoms with Crippen LogP contribution < -0.4 is 10.2 Å². The lowest BCUT2D eigenvalue weighted by atomic mass is 10.1. The van der Waals surface area contributed by atoms with Crippen LogP contribution in [0.15, 0.2) is 72.8 Å². The Bertz CT molecular complexity index is 1160. The number of carbonyl (C=O) groups excluding carboxylic acids is 2. The number of alkyl halides is 3. The molecule has 164 valence electrons. The third kappa shape index (κ3) is 4.65. The minimum Gasteiger partial charge on any atom is -0.322 e. The lowest BCUT2D eigenvalue weighted by Crippen LogP contribution is -2.27. The molecule has 1 aliphatic rings. The molecule has 3 aromatic rings. The number of hydrogen-bond acceptors (Lipinski definition) is 3. The maximum Gasteiger partial charge on any atom is 0.416 e. The highest BCUT2D eigenvalue weighted by Crippen LogP contribution is 2.42. The summed E-state index contributed by atoms with van der Waals surface area (Å²) in [5, 5.41) is 2.48. The van der Waals surface area contributed by atoms with Gasteiger partial charge in [0.25, 0.3) is 5.91 Å². The zero-order valence-electron chi connectivity index (χ0n) is 17.0. The quantitative estimate of drug-likeness (QED) is 0.520. The molecule has 1 atom stereocenters. The summed E-state index contributed by atoms with van der Waals surface area (Å²) in [6, 6.07) is 18.9. The summed E-state index contributed by atoms with van der Waals surface area (Å²) in [4.78, 5) is 26.8. The molecule has 32 heavy (non-hydrogen) atoms. The second kappa shape index (κ2) is 8.70. The van der Waals surface area contributed by atoms with Crippen LogP contribution in [0.25, 0.3) is 0 Å². The van der Waals surface area contributed by atoms with Crippen molar-refractivity contribution in [3.05, 3.63) is 95.1 Å². The second-order valence-corrected chi connectivity index (χ2v) is 8.49. The molecule has 2 amide bonds. The molecule has 3 aromatic carbocycles. The third-order valence-corrected chi connectivity index (χ3v) is 6.26. The monoisotopic (exact) mass is 456 g/mol. The van der Waals surface area contributed by atoms with Gasteiger partial charge in [0.05, 0.1) is 11.3 Å². The highest BCUT2D eigenvalue weighted by Gasteiger charge is 2.34. The predicted molar refractivity (Wildman–Crippen MR) is 120 cm³/mol. The average Bonchev–Trinajstić information content (AvgIpc) is 3.15. The molecular weight excluding hydrogens is 437 g/mol.